The second kappa shape index (κ2) is 4.11. The van der Waals surface area contributed by atoms with Gasteiger partial charge in [0, 0.05) is 12.3 Å². The first-order valence-corrected chi connectivity index (χ1v) is 5.45. The summed E-state index contributed by atoms with van der Waals surface area (Å²) in [5.41, 5.74) is 0. The molecular weight excluding hydrogens is 184 g/mol. The summed E-state index contributed by atoms with van der Waals surface area (Å²) < 4.78 is 1.84. The molecule has 4 nitrogen and oxygen atoms in total. The Morgan fingerprint density at radius 2 is 2.31 bits per heavy atom. The monoisotopic (exact) mass is 198 g/mol. The van der Waals surface area contributed by atoms with Gasteiger partial charge in [0.1, 0.15) is 6.33 Å². The predicted molar refractivity (Wildman–Crippen MR) is 52.8 cm³/mol. The standard InChI is InChI=1S/C8H14N4S/c1-12-8(10-6-11-12)13-7-2-4-9-5-3-7/h6-7,9H,2-5H2,1H3. The Kier molecular flexibility index (Phi) is 2.85. The molecule has 0 unspecified atom stereocenters. The second-order valence-corrected chi connectivity index (χ2v) is 4.50. The third-order valence-corrected chi connectivity index (χ3v) is 3.61. The summed E-state index contributed by atoms with van der Waals surface area (Å²) in [7, 11) is 1.94. The van der Waals surface area contributed by atoms with Crippen LogP contribution in [-0.4, -0.2) is 33.1 Å². The zero-order valence-corrected chi connectivity index (χ0v) is 8.55. The number of nitrogens with one attached hydrogen (secondary N) is 1. The largest absolute Gasteiger partial charge is 0.317 e. The van der Waals surface area contributed by atoms with Crippen LogP contribution in [-0.2, 0) is 7.05 Å². The third-order valence-electron chi connectivity index (χ3n) is 2.23. The smallest absolute Gasteiger partial charge is 0.186 e. The van der Waals surface area contributed by atoms with E-state index in [4.69, 9.17) is 0 Å². The molecule has 13 heavy (non-hydrogen) atoms. The summed E-state index contributed by atoms with van der Waals surface area (Å²) in [4.78, 5) is 4.20. The van der Waals surface area contributed by atoms with Gasteiger partial charge in [0.05, 0.1) is 0 Å². The summed E-state index contributed by atoms with van der Waals surface area (Å²) in [5, 5.41) is 9.15. The van der Waals surface area contributed by atoms with Crippen molar-refractivity contribution in [2.75, 3.05) is 13.1 Å². The maximum Gasteiger partial charge on any atom is 0.186 e. The molecule has 1 fully saturated rings. The highest BCUT2D eigenvalue weighted by Gasteiger charge is 2.16. The number of hydrogen-bond donors (Lipinski definition) is 1. The van der Waals surface area contributed by atoms with Gasteiger partial charge in [-0.2, -0.15) is 5.10 Å². The van der Waals surface area contributed by atoms with E-state index in [1.165, 1.54) is 12.8 Å². The topological polar surface area (TPSA) is 42.7 Å². The van der Waals surface area contributed by atoms with Crippen molar-refractivity contribution in [2.24, 2.45) is 7.05 Å². The summed E-state index contributed by atoms with van der Waals surface area (Å²) in [5.74, 6) is 0. The molecule has 1 aliphatic heterocycles. The van der Waals surface area contributed by atoms with Crippen molar-refractivity contribution in [3.8, 4) is 0 Å². The van der Waals surface area contributed by atoms with Crippen molar-refractivity contribution in [3.63, 3.8) is 0 Å². The number of aryl methyl sites for hydroxylation is 1. The quantitative estimate of drug-likeness (QED) is 0.758. The minimum absolute atomic E-state index is 0.712. The molecule has 1 aliphatic rings. The van der Waals surface area contributed by atoms with Crippen molar-refractivity contribution < 1.29 is 0 Å². The summed E-state index contributed by atoms with van der Waals surface area (Å²) >= 11 is 1.85. The van der Waals surface area contributed by atoms with Crippen LogP contribution in [0.1, 0.15) is 12.8 Å². The Morgan fingerprint density at radius 1 is 1.54 bits per heavy atom. The Hall–Kier alpha value is -0.550. The lowest BCUT2D eigenvalue weighted by molar-refractivity contribution is 0.529. The molecule has 0 atom stereocenters. The molecule has 0 amide bonds. The van der Waals surface area contributed by atoms with Gasteiger partial charge >= 0.3 is 0 Å². The SMILES string of the molecule is Cn1ncnc1SC1CCNCC1. The summed E-state index contributed by atoms with van der Waals surface area (Å²) in [6.07, 6.45) is 4.08. The van der Waals surface area contributed by atoms with E-state index >= 15 is 0 Å². The van der Waals surface area contributed by atoms with Crippen LogP contribution in [0.4, 0.5) is 0 Å². The molecule has 72 valence electrons. The molecule has 1 aromatic rings. The number of thioether (sulfide) groups is 1. The number of hydrogen-bond acceptors (Lipinski definition) is 4. The average molecular weight is 198 g/mol. The summed E-state index contributed by atoms with van der Waals surface area (Å²) in [6.45, 7) is 2.27. The average Bonchev–Trinajstić information content (AvgIpc) is 2.54. The van der Waals surface area contributed by atoms with Gasteiger partial charge in [-0.25, -0.2) is 9.67 Å². The molecule has 0 saturated carbocycles. The van der Waals surface area contributed by atoms with Gasteiger partial charge in [-0.15, -0.1) is 0 Å². The maximum atomic E-state index is 4.20. The molecule has 0 aliphatic carbocycles. The fourth-order valence-electron chi connectivity index (χ4n) is 1.45. The molecule has 5 heteroatoms. The molecule has 1 saturated heterocycles. The first-order valence-electron chi connectivity index (χ1n) is 4.57. The van der Waals surface area contributed by atoms with Crippen LogP contribution in [0.3, 0.4) is 0 Å². The van der Waals surface area contributed by atoms with Crippen LogP contribution in [0.15, 0.2) is 11.5 Å². The minimum atomic E-state index is 0.712. The molecule has 2 heterocycles. The van der Waals surface area contributed by atoms with Gasteiger partial charge in [-0.05, 0) is 25.9 Å². The predicted octanol–water partition coefficient (Wildman–Crippen LogP) is 0.659. The first-order chi connectivity index (χ1) is 6.36. The normalized spacial score (nSPS) is 19.2. The second-order valence-electron chi connectivity index (χ2n) is 3.23. The van der Waals surface area contributed by atoms with Gasteiger partial charge in [0.15, 0.2) is 5.16 Å². The lowest BCUT2D eigenvalue weighted by atomic mass is 10.2. The lowest BCUT2D eigenvalue weighted by Crippen LogP contribution is -2.29. The number of nitrogens with zero attached hydrogens (tertiary/aromatic N) is 3. The zero-order chi connectivity index (χ0) is 9.10. The van der Waals surface area contributed by atoms with Crippen LogP contribution in [0.2, 0.25) is 0 Å². The fraction of sp³-hybridized carbons (Fsp3) is 0.750. The van der Waals surface area contributed by atoms with Gasteiger partial charge < -0.3 is 5.32 Å². The molecule has 1 N–H and O–H groups in total. The van der Waals surface area contributed by atoms with Gasteiger partial charge in [0.25, 0.3) is 0 Å². The van der Waals surface area contributed by atoms with Crippen LogP contribution in [0.5, 0.6) is 0 Å². The highest BCUT2D eigenvalue weighted by molar-refractivity contribution is 7.99. The highest BCUT2D eigenvalue weighted by Crippen LogP contribution is 2.25. The van der Waals surface area contributed by atoms with E-state index in [2.05, 4.69) is 15.4 Å². The van der Waals surface area contributed by atoms with Crippen LogP contribution < -0.4 is 5.32 Å². The third kappa shape index (κ3) is 2.22. The minimum Gasteiger partial charge on any atom is -0.317 e. The number of rotatable bonds is 2. The Labute approximate surface area is 82.1 Å². The maximum absolute atomic E-state index is 4.20. The van der Waals surface area contributed by atoms with E-state index in [1.54, 1.807) is 6.33 Å². The number of piperidine rings is 1. The first kappa shape index (κ1) is 9.02. The molecule has 0 aromatic carbocycles. The molecule has 0 spiro atoms. The van der Waals surface area contributed by atoms with Crippen LogP contribution >= 0.6 is 11.8 Å². The van der Waals surface area contributed by atoms with E-state index in [9.17, 15) is 0 Å². The van der Waals surface area contributed by atoms with Crippen LogP contribution in [0.25, 0.3) is 0 Å². The van der Waals surface area contributed by atoms with Crippen molar-refractivity contribution >= 4 is 11.8 Å². The molecule has 0 bridgehead atoms. The Morgan fingerprint density at radius 3 is 2.92 bits per heavy atom. The molecule has 2 rings (SSSR count). The van der Waals surface area contributed by atoms with E-state index in [0.29, 0.717) is 5.25 Å². The fourth-order valence-corrected chi connectivity index (χ4v) is 2.53. The van der Waals surface area contributed by atoms with Gasteiger partial charge in [0.2, 0.25) is 0 Å². The Bertz CT molecular complexity index is 267. The van der Waals surface area contributed by atoms with E-state index in [0.717, 1.165) is 18.2 Å². The molecule has 1 aromatic heterocycles. The number of aromatic nitrogens is 3. The lowest BCUT2D eigenvalue weighted by Gasteiger charge is -2.21. The van der Waals surface area contributed by atoms with E-state index in [1.807, 2.05) is 23.5 Å². The van der Waals surface area contributed by atoms with Crippen molar-refractivity contribution in [3.05, 3.63) is 6.33 Å². The van der Waals surface area contributed by atoms with Crippen LogP contribution in [0, 0.1) is 0 Å². The summed E-state index contributed by atoms with van der Waals surface area (Å²) in [6, 6.07) is 0. The molecular formula is C8H14N4S. The van der Waals surface area contributed by atoms with E-state index < -0.39 is 0 Å². The van der Waals surface area contributed by atoms with Crippen molar-refractivity contribution in [1.29, 1.82) is 0 Å². The zero-order valence-electron chi connectivity index (χ0n) is 7.73. The highest BCUT2D eigenvalue weighted by atomic mass is 32.2. The van der Waals surface area contributed by atoms with Gasteiger partial charge in [-0.3, -0.25) is 0 Å². The Balaban J connectivity index is 1.93. The van der Waals surface area contributed by atoms with Gasteiger partial charge in [-0.1, -0.05) is 11.8 Å². The van der Waals surface area contributed by atoms with Crippen molar-refractivity contribution in [2.45, 2.75) is 23.2 Å². The molecule has 0 radical (unpaired) electrons. The van der Waals surface area contributed by atoms with E-state index in [-0.39, 0.29) is 0 Å². The van der Waals surface area contributed by atoms with Crippen molar-refractivity contribution in [1.82, 2.24) is 20.1 Å².